The molecule has 0 amide bonds. The van der Waals surface area contributed by atoms with E-state index < -0.39 is 10.8 Å². The lowest BCUT2D eigenvalue weighted by atomic mass is 9.87. The lowest BCUT2D eigenvalue weighted by Crippen LogP contribution is -2.21. The Morgan fingerprint density at radius 3 is 2.31 bits per heavy atom. The van der Waals surface area contributed by atoms with E-state index in [9.17, 15) is 19.7 Å². The van der Waals surface area contributed by atoms with Gasteiger partial charge < -0.3 is 4.57 Å². The number of benzene rings is 2. The molecule has 0 saturated heterocycles. The van der Waals surface area contributed by atoms with Crippen LogP contribution in [-0.4, -0.2) is 26.0 Å². The van der Waals surface area contributed by atoms with Gasteiger partial charge in [0.2, 0.25) is 5.78 Å². The fourth-order valence-corrected chi connectivity index (χ4v) is 3.20. The summed E-state index contributed by atoms with van der Waals surface area (Å²) in [6, 6.07) is 14.6. The average molecular weight is 391 g/mol. The average Bonchev–Trinajstić information content (AvgIpc) is 3.22. The number of carbonyl (C=O) groups excluding carboxylic acids is 2. The molecule has 1 aromatic heterocycles. The number of Topliss-reactive ketones (excluding diaryl/α,β-unsaturated/α-hetero) is 2. The molecule has 1 atom stereocenters. The Morgan fingerprint density at radius 2 is 1.72 bits per heavy atom. The molecule has 0 saturated carbocycles. The number of imidazole rings is 1. The van der Waals surface area contributed by atoms with Crippen molar-refractivity contribution in [3.05, 3.63) is 94.1 Å². The Labute approximate surface area is 168 Å². The summed E-state index contributed by atoms with van der Waals surface area (Å²) in [6.07, 6.45) is 3.27. The third-order valence-corrected chi connectivity index (χ3v) is 4.75. The standard InChI is InChI=1S/C22H21N3O4/c1-15(2)24-13-12-23-22(24)21(27)19(16-6-4-3-5-7-16)14-20(26)17-8-10-18(11-9-17)25(28)29/h3-13,15,19H,14H2,1-2H3/t19-/m1/s1. The van der Waals surface area contributed by atoms with Crippen LogP contribution in [0.1, 0.15) is 58.8 Å². The van der Waals surface area contributed by atoms with Gasteiger partial charge in [0.15, 0.2) is 11.6 Å². The number of non-ortho nitro benzene ring substituents is 1. The first kappa shape index (κ1) is 20.1. The Morgan fingerprint density at radius 1 is 1.07 bits per heavy atom. The number of ketones is 2. The van der Waals surface area contributed by atoms with Crippen molar-refractivity contribution >= 4 is 17.3 Å². The summed E-state index contributed by atoms with van der Waals surface area (Å²) >= 11 is 0. The molecule has 0 bridgehead atoms. The first-order chi connectivity index (χ1) is 13.9. The van der Waals surface area contributed by atoms with E-state index >= 15 is 0 Å². The van der Waals surface area contributed by atoms with Gasteiger partial charge in [-0.3, -0.25) is 19.7 Å². The number of nitrogens with zero attached hydrogens (tertiary/aromatic N) is 3. The van der Waals surface area contributed by atoms with Crippen molar-refractivity contribution in [2.24, 2.45) is 0 Å². The highest BCUT2D eigenvalue weighted by Gasteiger charge is 2.29. The molecule has 0 unspecified atom stereocenters. The van der Waals surface area contributed by atoms with E-state index in [1.165, 1.54) is 24.3 Å². The van der Waals surface area contributed by atoms with E-state index in [0.29, 0.717) is 11.4 Å². The van der Waals surface area contributed by atoms with Crippen LogP contribution in [0.15, 0.2) is 67.0 Å². The predicted molar refractivity (Wildman–Crippen MR) is 108 cm³/mol. The van der Waals surface area contributed by atoms with E-state index in [2.05, 4.69) is 4.98 Å². The molecule has 3 aromatic rings. The molecular formula is C22H21N3O4. The Hall–Kier alpha value is -3.61. The van der Waals surface area contributed by atoms with Gasteiger partial charge in [0.25, 0.3) is 5.69 Å². The SMILES string of the molecule is CC(C)n1ccnc1C(=O)[C@H](CC(=O)c1ccc([N+](=O)[O-])cc1)c1ccccc1. The molecule has 2 aromatic carbocycles. The summed E-state index contributed by atoms with van der Waals surface area (Å²) in [4.78, 5) is 40.7. The summed E-state index contributed by atoms with van der Waals surface area (Å²) in [5, 5.41) is 10.8. The van der Waals surface area contributed by atoms with Gasteiger partial charge in [-0.05, 0) is 31.5 Å². The van der Waals surface area contributed by atoms with E-state index in [1.807, 2.05) is 44.2 Å². The van der Waals surface area contributed by atoms with Crippen molar-refractivity contribution in [3.8, 4) is 0 Å². The summed E-state index contributed by atoms with van der Waals surface area (Å²) < 4.78 is 1.79. The fraction of sp³-hybridized carbons (Fsp3) is 0.227. The number of hydrogen-bond acceptors (Lipinski definition) is 5. The summed E-state index contributed by atoms with van der Waals surface area (Å²) in [7, 11) is 0. The van der Waals surface area contributed by atoms with Gasteiger partial charge in [0.1, 0.15) is 0 Å². The van der Waals surface area contributed by atoms with Crippen LogP contribution < -0.4 is 0 Å². The molecule has 0 aliphatic carbocycles. The third-order valence-electron chi connectivity index (χ3n) is 4.75. The Balaban J connectivity index is 1.92. The second-order valence-electron chi connectivity index (χ2n) is 7.01. The molecule has 7 heteroatoms. The van der Waals surface area contributed by atoms with Crippen molar-refractivity contribution in [2.45, 2.75) is 32.2 Å². The molecule has 0 aliphatic rings. The molecule has 0 N–H and O–H groups in total. The van der Waals surface area contributed by atoms with E-state index in [4.69, 9.17) is 0 Å². The number of aromatic nitrogens is 2. The highest BCUT2D eigenvalue weighted by Crippen LogP contribution is 2.27. The minimum Gasteiger partial charge on any atom is -0.326 e. The third kappa shape index (κ3) is 4.45. The number of carbonyl (C=O) groups is 2. The summed E-state index contributed by atoms with van der Waals surface area (Å²) in [5.74, 6) is -0.876. The Bertz CT molecular complexity index is 1020. The molecular weight excluding hydrogens is 370 g/mol. The van der Waals surface area contributed by atoms with Crippen LogP contribution in [0.2, 0.25) is 0 Å². The zero-order valence-electron chi connectivity index (χ0n) is 16.2. The normalized spacial score (nSPS) is 12.0. The molecule has 0 radical (unpaired) electrons. The zero-order valence-corrected chi connectivity index (χ0v) is 16.2. The van der Waals surface area contributed by atoms with E-state index in [0.717, 1.165) is 5.56 Å². The minimum absolute atomic E-state index is 0.0500. The predicted octanol–water partition coefficient (Wildman–Crippen LogP) is 4.61. The van der Waals surface area contributed by atoms with Crippen molar-refractivity contribution in [3.63, 3.8) is 0 Å². The topological polar surface area (TPSA) is 95.1 Å². The molecule has 0 fully saturated rings. The van der Waals surface area contributed by atoms with Crippen molar-refractivity contribution in [2.75, 3.05) is 0 Å². The maximum absolute atomic E-state index is 13.3. The highest BCUT2D eigenvalue weighted by molar-refractivity contribution is 6.04. The Kier molecular flexibility index (Phi) is 5.97. The first-order valence-electron chi connectivity index (χ1n) is 9.28. The molecule has 0 aliphatic heterocycles. The van der Waals surface area contributed by atoms with Crippen molar-refractivity contribution in [1.82, 2.24) is 9.55 Å². The van der Waals surface area contributed by atoms with Gasteiger partial charge in [0.05, 0.1) is 10.8 Å². The minimum atomic E-state index is -0.696. The van der Waals surface area contributed by atoms with Gasteiger partial charge in [-0.25, -0.2) is 4.98 Å². The molecule has 3 rings (SSSR count). The maximum atomic E-state index is 13.3. The van der Waals surface area contributed by atoms with Crippen LogP contribution in [0.5, 0.6) is 0 Å². The highest BCUT2D eigenvalue weighted by atomic mass is 16.6. The molecule has 148 valence electrons. The number of rotatable bonds is 8. The quantitative estimate of drug-likeness (QED) is 0.317. The largest absolute Gasteiger partial charge is 0.326 e. The van der Waals surface area contributed by atoms with Crippen LogP contribution in [-0.2, 0) is 0 Å². The van der Waals surface area contributed by atoms with Gasteiger partial charge in [0, 0.05) is 42.6 Å². The van der Waals surface area contributed by atoms with Crippen LogP contribution in [0.4, 0.5) is 5.69 Å². The smallest absolute Gasteiger partial charge is 0.269 e. The van der Waals surface area contributed by atoms with Crippen molar-refractivity contribution in [1.29, 1.82) is 0 Å². The van der Waals surface area contributed by atoms with Gasteiger partial charge >= 0.3 is 0 Å². The summed E-state index contributed by atoms with van der Waals surface area (Å²) in [5.41, 5.74) is 0.971. The maximum Gasteiger partial charge on any atom is 0.269 e. The van der Waals surface area contributed by atoms with Gasteiger partial charge in [-0.1, -0.05) is 30.3 Å². The van der Waals surface area contributed by atoms with Gasteiger partial charge in [-0.15, -0.1) is 0 Å². The monoisotopic (exact) mass is 391 g/mol. The summed E-state index contributed by atoms with van der Waals surface area (Å²) in [6.45, 7) is 3.91. The lowest BCUT2D eigenvalue weighted by Gasteiger charge is -2.18. The van der Waals surface area contributed by atoms with Crippen molar-refractivity contribution < 1.29 is 14.5 Å². The van der Waals surface area contributed by atoms with E-state index in [-0.39, 0.29) is 29.7 Å². The number of nitro groups is 1. The molecule has 7 nitrogen and oxygen atoms in total. The van der Waals surface area contributed by atoms with E-state index in [1.54, 1.807) is 17.0 Å². The fourth-order valence-electron chi connectivity index (χ4n) is 3.20. The second-order valence-corrected chi connectivity index (χ2v) is 7.01. The number of nitro benzene ring substituents is 1. The molecule has 0 spiro atoms. The zero-order chi connectivity index (χ0) is 21.0. The van der Waals surface area contributed by atoms with Crippen LogP contribution >= 0.6 is 0 Å². The van der Waals surface area contributed by atoms with Crippen LogP contribution in [0.3, 0.4) is 0 Å². The lowest BCUT2D eigenvalue weighted by molar-refractivity contribution is -0.384. The molecule has 1 heterocycles. The van der Waals surface area contributed by atoms with Crippen LogP contribution in [0.25, 0.3) is 0 Å². The second kappa shape index (κ2) is 8.60. The number of hydrogen-bond donors (Lipinski definition) is 0. The van der Waals surface area contributed by atoms with Gasteiger partial charge in [-0.2, -0.15) is 0 Å². The first-order valence-corrected chi connectivity index (χ1v) is 9.28. The molecule has 29 heavy (non-hydrogen) atoms. The van der Waals surface area contributed by atoms with Crippen LogP contribution in [0, 0.1) is 10.1 Å².